The molecule has 250 valence electrons. The molecule has 4 amide bonds. The topological polar surface area (TPSA) is 179 Å². The number of primary amides is 1. The molecule has 13 nitrogen and oxygen atoms in total. The number of hydrogen-bond acceptors (Lipinski definition) is 9. The van der Waals surface area contributed by atoms with E-state index < -0.39 is 35.2 Å². The summed E-state index contributed by atoms with van der Waals surface area (Å²) in [5.41, 5.74) is 4.78. The summed E-state index contributed by atoms with van der Waals surface area (Å²) in [6, 6.07) is 2.93. The number of nitrogens with two attached hydrogens (primary N) is 1. The summed E-state index contributed by atoms with van der Waals surface area (Å²) < 4.78 is 22.3. The number of unbranched alkanes of at least 4 members (excludes halogenated alkanes) is 4. The lowest BCUT2D eigenvalue weighted by Gasteiger charge is -2.19. The van der Waals surface area contributed by atoms with Crippen LogP contribution in [0, 0.1) is 0 Å². The van der Waals surface area contributed by atoms with Crippen LogP contribution in [0.1, 0.15) is 101 Å². The number of nitrogens with one attached hydrogen (secondary N) is 4. The van der Waals surface area contributed by atoms with Crippen molar-refractivity contribution in [3.8, 4) is 11.5 Å². The SMILES string of the molecule is CNCCNC(=O)c1cc(C(N)=O)c(OCCCCCNC(=O)OC(C)(C)C)cc1OCCCCCNC(=O)OC(C)(C)C. The van der Waals surface area contributed by atoms with Crippen LogP contribution in [-0.2, 0) is 9.47 Å². The minimum atomic E-state index is -0.727. The molecular weight excluding hydrogens is 570 g/mol. The van der Waals surface area contributed by atoms with E-state index in [-0.39, 0.29) is 22.6 Å². The third-order valence-corrected chi connectivity index (χ3v) is 5.75. The third kappa shape index (κ3) is 17.4. The van der Waals surface area contributed by atoms with E-state index in [1.165, 1.54) is 12.1 Å². The van der Waals surface area contributed by atoms with Crippen LogP contribution in [0.25, 0.3) is 0 Å². The molecule has 0 spiro atoms. The molecule has 0 saturated carbocycles. The first-order valence-electron chi connectivity index (χ1n) is 15.2. The van der Waals surface area contributed by atoms with Crippen molar-refractivity contribution in [3.63, 3.8) is 0 Å². The van der Waals surface area contributed by atoms with Crippen LogP contribution in [0.15, 0.2) is 12.1 Å². The van der Waals surface area contributed by atoms with E-state index in [9.17, 15) is 19.2 Å². The predicted molar refractivity (Wildman–Crippen MR) is 168 cm³/mol. The molecule has 1 rings (SSSR count). The smallest absolute Gasteiger partial charge is 0.407 e. The number of carbonyl (C=O) groups excluding carboxylic acids is 4. The second kappa shape index (κ2) is 19.5. The van der Waals surface area contributed by atoms with Crippen molar-refractivity contribution < 1.29 is 38.1 Å². The summed E-state index contributed by atoms with van der Waals surface area (Å²) in [5.74, 6) is -0.619. The van der Waals surface area contributed by atoms with Crippen LogP contribution < -0.4 is 36.5 Å². The largest absolute Gasteiger partial charge is 0.493 e. The van der Waals surface area contributed by atoms with Gasteiger partial charge in [-0.05, 0) is 93.2 Å². The molecule has 0 saturated heterocycles. The Labute approximate surface area is 261 Å². The van der Waals surface area contributed by atoms with Crippen LogP contribution in [-0.4, -0.2) is 81.6 Å². The lowest BCUT2D eigenvalue weighted by molar-refractivity contribution is 0.0515. The maximum Gasteiger partial charge on any atom is 0.407 e. The Balaban J connectivity index is 2.74. The molecule has 0 bridgehead atoms. The lowest BCUT2D eigenvalue weighted by Crippen LogP contribution is -2.33. The summed E-state index contributed by atoms with van der Waals surface area (Å²) in [5, 5.41) is 11.2. The summed E-state index contributed by atoms with van der Waals surface area (Å²) in [4.78, 5) is 48.7. The molecule has 0 aromatic heterocycles. The normalized spacial score (nSPS) is 11.3. The first-order chi connectivity index (χ1) is 20.6. The Morgan fingerprint density at radius 1 is 0.636 bits per heavy atom. The predicted octanol–water partition coefficient (Wildman–Crippen LogP) is 3.88. The van der Waals surface area contributed by atoms with Gasteiger partial charge >= 0.3 is 12.2 Å². The summed E-state index contributed by atoms with van der Waals surface area (Å²) in [6.07, 6.45) is 3.39. The quantitative estimate of drug-likeness (QED) is 0.143. The van der Waals surface area contributed by atoms with Crippen LogP contribution in [0.2, 0.25) is 0 Å². The van der Waals surface area contributed by atoms with Gasteiger partial charge in [-0.1, -0.05) is 0 Å². The van der Waals surface area contributed by atoms with Gasteiger partial charge in [0.1, 0.15) is 22.7 Å². The van der Waals surface area contributed by atoms with Crippen LogP contribution in [0.5, 0.6) is 11.5 Å². The minimum absolute atomic E-state index is 0.0796. The molecule has 0 aliphatic carbocycles. The van der Waals surface area contributed by atoms with E-state index in [0.29, 0.717) is 52.2 Å². The van der Waals surface area contributed by atoms with Crippen molar-refractivity contribution in [3.05, 3.63) is 23.3 Å². The highest BCUT2D eigenvalue weighted by atomic mass is 16.6. The number of rotatable bonds is 19. The number of carbonyl (C=O) groups is 4. The van der Waals surface area contributed by atoms with Gasteiger partial charge in [0.25, 0.3) is 11.8 Å². The second-order valence-electron chi connectivity index (χ2n) is 12.2. The van der Waals surface area contributed by atoms with Crippen molar-refractivity contribution >= 4 is 24.0 Å². The maximum atomic E-state index is 12.9. The summed E-state index contributed by atoms with van der Waals surface area (Å²) >= 11 is 0. The van der Waals surface area contributed by atoms with E-state index in [0.717, 1.165) is 25.7 Å². The van der Waals surface area contributed by atoms with Gasteiger partial charge in [0, 0.05) is 32.2 Å². The van der Waals surface area contributed by atoms with E-state index in [4.69, 9.17) is 24.7 Å². The molecule has 0 unspecified atom stereocenters. The molecule has 0 fully saturated rings. The molecule has 1 aromatic rings. The Morgan fingerprint density at radius 3 is 1.55 bits per heavy atom. The molecular formula is C31H53N5O8. The average Bonchev–Trinajstić information content (AvgIpc) is 2.89. The molecule has 44 heavy (non-hydrogen) atoms. The number of hydrogen-bond donors (Lipinski definition) is 5. The number of likely N-dealkylation sites (N-methyl/N-ethyl adjacent to an activating group) is 1. The van der Waals surface area contributed by atoms with Gasteiger partial charge in [0.05, 0.1) is 24.3 Å². The van der Waals surface area contributed by atoms with Crippen LogP contribution in [0.4, 0.5) is 9.59 Å². The zero-order valence-electron chi connectivity index (χ0n) is 27.5. The van der Waals surface area contributed by atoms with Crippen molar-refractivity contribution in [2.75, 3.05) is 46.4 Å². The fourth-order valence-corrected chi connectivity index (χ4v) is 3.75. The number of alkyl carbamates (subject to hydrolysis) is 2. The van der Waals surface area contributed by atoms with Crippen LogP contribution >= 0.6 is 0 Å². The Hall–Kier alpha value is -3.74. The standard InChI is InChI=1S/C31H53N5O8/c1-30(2,3)43-28(39)35-14-10-8-12-18-41-24-21-25(23(20-22(24)26(32)37)27(38)34-17-16-33-7)42-19-13-9-11-15-36-29(40)44-31(4,5)6/h20-21,33H,8-19H2,1-7H3,(H2,32,37)(H,34,38)(H,35,39)(H,36,40). The van der Waals surface area contributed by atoms with Gasteiger partial charge in [-0.25, -0.2) is 9.59 Å². The number of amides is 4. The Kier molecular flexibility index (Phi) is 17.0. The zero-order valence-corrected chi connectivity index (χ0v) is 27.5. The third-order valence-electron chi connectivity index (χ3n) is 5.75. The highest BCUT2D eigenvalue weighted by molar-refractivity contribution is 6.02. The number of benzene rings is 1. The van der Waals surface area contributed by atoms with Gasteiger partial charge in [-0.15, -0.1) is 0 Å². The van der Waals surface area contributed by atoms with Gasteiger partial charge in [0.2, 0.25) is 0 Å². The van der Waals surface area contributed by atoms with Gasteiger partial charge < -0.3 is 45.9 Å². The van der Waals surface area contributed by atoms with Crippen molar-refractivity contribution in [1.29, 1.82) is 0 Å². The molecule has 0 heterocycles. The van der Waals surface area contributed by atoms with E-state index in [1.807, 2.05) is 0 Å². The Morgan fingerprint density at radius 2 is 1.11 bits per heavy atom. The van der Waals surface area contributed by atoms with Gasteiger partial charge in [-0.2, -0.15) is 0 Å². The maximum absolute atomic E-state index is 12.9. The van der Waals surface area contributed by atoms with Gasteiger partial charge in [-0.3, -0.25) is 9.59 Å². The first-order valence-corrected chi connectivity index (χ1v) is 15.2. The van der Waals surface area contributed by atoms with Crippen LogP contribution in [0.3, 0.4) is 0 Å². The summed E-state index contributed by atoms with van der Waals surface area (Å²) in [6.45, 7) is 13.3. The van der Waals surface area contributed by atoms with E-state index in [2.05, 4.69) is 21.3 Å². The van der Waals surface area contributed by atoms with E-state index in [1.54, 1.807) is 48.6 Å². The van der Waals surface area contributed by atoms with Gasteiger partial charge in [0.15, 0.2) is 0 Å². The molecule has 0 atom stereocenters. The minimum Gasteiger partial charge on any atom is -0.493 e. The zero-order chi connectivity index (χ0) is 33.2. The van der Waals surface area contributed by atoms with E-state index >= 15 is 0 Å². The first kappa shape index (κ1) is 38.3. The summed E-state index contributed by atoms with van der Waals surface area (Å²) in [7, 11) is 1.78. The Bertz CT molecular complexity index is 1070. The lowest BCUT2D eigenvalue weighted by atomic mass is 10.1. The van der Waals surface area contributed by atoms with Crippen molar-refractivity contribution in [2.24, 2.45) is 5.73 Å². The fourth-order valence-electron chi connectivity index (χ4n) is 3.75. The monoisotopic (exact) mass is 623 g/mol. The molecule has 1 aromatic carbocycles. The van der Waals surface area contributed by atoms with Crippen molar-refractivity contribution in [2.45, 2.75) is 91.3 Å². The molecule has 13 heteroatoms. The number of ether oxygens (including phenoxy) is 4. The molecule has 0 radical (unpaired) electrons. The molecule has 0 aliphatic heterocycles. The molecule has 6 N–H and O–H groups in total. The fraction of sp³-hybridized carbons (Fsp3) is 0.677. The highest BCUT2D eigenvalue weighted by Gasteiger charge is 2.21. The molecule has 0 aliphatic rings. The highest BCUT2D eigenvalue weighted by Crippen LogP contribution is 2.30. The average molecular weight is 624 g/mol. The second-order valence-corrected chi connectivity index (χ2v) is 12.2. The van der Waals surface area contributed by atoms with Crippen molar-refractivity contribution in [1.82, 2.24) is 21.3 Å².